The number of hydrogen-bond acceptors (Lipinski definition) is 4. The fourth-order valence-electron chi connectivity index (χ4n) is 2.50. The van der Waals surface area contributed by atoms with E-state index in [4.69, 9.17) is 0 Å². The van der Waals surface area contributed by atoms with Crippen LogP contribution in [0.25, 0.3) is 0 Å². The van der Waals surface area contributed by atoms with Gasteiger partial charge in [-0.05, 0) is 32.9 Å². The van der Waals surface area contributed by atoms with Gasteiger partial charge in [-0.1, -0.05) is 33.1 Å². The van der Waals surface area contributed by atoms with Crippen LogP contribution < -0.4 is 15.4 Å². The fourth-order valence-corrected chi connectivity index (χ4v) is 4.35. The van der Waals surface area contributed by atoms with Crippen molar-refractivity contribution in [2.24, 2.45) is 5.92 Å². The third-order valence-electron chi connectivity index (χ3n) is 3.48. The summed E-state index contributed by atoms with van der Waals surface area (Å²) in [6, 6.07) is 0.721. The van der Waals surface area contributed by atoms with Crippen molar-refractivity contribution in [3.8, 4) is 0 Å². The Bertz CT molecular complexity index is 191. The molecule has 3 N–H and O–H groups in total. The molecule has 0 aliphatic heterocycles. The van der Waals surface area contributed by atoms with E-state index in [9.17, 15) is 0 Å². The number of hydrazine groups is 1. The summed E-state index contributed by atoms with van der Waals surface area (Å²) in [5.74, 6) is 0.699. The maximum Gasteiger partial charge on any atom is 0.280 e. The minimum atomic E-state index is -1.22. The molecule has 1 aliphatic carbocycles. The third kappa shape index (κ3) is 5.05. The van der Waals surface area contributed by atoms with Crippen molar-refractivity contribution in [3.63, 3.8) is 0 Å². The summed E-state index contributed by atoms with van der Waals surface area (Å²) >= 11 is 0. The zero-order valence-corrected chi connectivity index (χ0v) is 13.1. The number of nitrogens with zero attached hydrogens (tertiary/aromatic N) is 1. The number of rotatable bonds is 7. The van der Waals surface area contributed by atoms with Gasteiger partial charge in [-0.3, -0.25) is 5.43 Å². The molecule has 0 aromatic carbocycles. The van der Waals surface area contributed by atoms with Gasteiger partial charge in [0.2, 0.25) is 0 Å². The van der Waals surface area contributed by atoms with Crippen LogP contribution in [0.4, 0.5) is 0 Å². The van der Waals surface area contributed by atoms with Gasteiger partial charge in [-0.15, -0.1) is 0 Å². The molecule has 17 heavy (non-hydrogen) atoms. The molecule has 1 aliphatic rings. The molecule has 1 rings (SSSR count). The van der Waals surface area contributed by atoms with E-state index in [0.29, 0.717) is 5.92 Å². The second kappa shape index (κ2) is 8.21. The van der Waals surface area contributed by atoms with Crippen LogP contribution in [0.3, 0.4) is 0 Å². The van der Waals surface area contributed by atoms with Crippen molar-refractivity contribution in [3.05, 3.63) is 0 Å². The van der Waals surface area contributed by atoms with Crippen molar-refractivity contribution >= 4 is 9.28 Å². The van der Waals surface area contributed by atoms with Crippen molar-refractivity contribution in [1.29, 1.82) is 0 Å². The van der Waals surface area contributed by atoms with Crippen LogP contribution in [0.5, 0.6) is 0 Å². The predicted molar refractivity (Wildman–Crippen MR) is 76.8 cm³/mol. The monoisotopic (exact) mass is 258 g/mol. The molecule has 0 bridgehead atoms. The summed E-state index contributed by atoms with van der Waals surface area (Å²) in [4.78, 5) is 6.93. The van der Waals surface area contributed by atoms with Gasteiger partial charge in [0.05, 0.1) is 0 Å². The van der Waals surface area contributed by atoms with Crippen molar-refractivity contribution in [2.45, 2.75) is 52.0 Å². The summed E-state index contributed by atoms with van der Waals surface area (Å²) in [6.07, 6.45) is 6.88. The maximum absolute atomic E-state index is 3.66. The highest BCUT2D eigenvalue weighted by Crippen LogP contribution is 2.21. The van der Waals surface area contributed by atoms with Crippen LogP contribution in [-0.2, 0) is 0 Å². The summed E-state index contributed by atoms with van der Waals surface area (Å²) < 4.78 is 2.53. The van der Waals surface area contributed by atoms with E-state index < -0.39 is 9.28 Å². The highest BCUT2D eigenvalue weighted by atomic mass is 28.3. The molecule has 0 radical (unpaired) electrons. The topological polar surface area (TPSA) is 39.3 Å². The summed E-state index contributed by atoms with van der Waals surface area (Å²) in [6.45, 7) is 5.60. The molecule has 0 spiro atoms. The van der Waals surface area contributed by atoms with Crippen LogP contribution in [0, 0.1) is 5.92 Å². The Labute approximate surface area is 108 Å². The van der Waals surface area contributed by atoms with Crippen LogP contribution in [-0.4, -0.2) is 40.6 Å². The molecule has 0 amide bonds. The minimum Gasteiger partial charge on any atom is -0.318 e. The lowest BCUT2D eigenvalue weighted by Gasteiger charge is -2.39. The molecule has 0 unspecified atom stereocenters. The molecule has 1 saturated carbocycles. The smallest absolute Gasteiger partial charge is 0.280 e. The van der Waals surface area contributed by atoms with Gasteiger partial charge in [0.25, 0.3) is 9.28 Å². The third-order valence-corrected chi connectivity index (χ3v) is 5.73. The highest BCUT2D eigenvalue weighted by Gasteiger charge is 2.27. The zero-order chi connectivity index (χ0) is 12.7. The summed E-state index contributed by atoms with van der Waals surface area (Å²) in [7, 11) is 2.92. The Morgan fingerprint density at radius 3 is 2.18 bits per heavy atom. The van der Waals surface area contributed by atoms with Gasteiger partial charge < -0.3 is 9.96 Å². The number of nitrogens with one attached hydrogen (secondary N) is 3. The first-order valence-electron chi connectivity index (χ1n) is 7.05. The van der Waals surface area contributed by atoms with E-state index in [1.807, 2.05) is 0 Å². The van der Waals surface area contributed by atoms with E-state index in [0.717, 1.165) is 12.6 Å². The Hall–Kier alpha value is 0.0569. The van der Waals surface area contributed by atoms with Gasteiger partial charge >= 0.3 is 0 Å². The highest BCUT2D eigenvalue weighted by molar-refractivity contribution is 6.49. The average molecular weight is 258 g/mol. The molecule has 0 saturated heterocycles. The van der Waals surface area contributed by atoms with Gasteiger partial charge in [0.15, 0.2) is 0 Å². The molecule has 5 heteroatoms. The molecule has 102 valence electrons. The van der Waals surface area contributed by atoms with Crippen LogP contribution >= 0.6 is 0 Å². The van der Waals surface area contributed by atoms with Crippen molar-refractivity contribution < 1.29 is 0 Å². The molecular weight excluding hydrogens is 228 g/mol. The molecule has 1 fully saturated rings. The first kappa shape index (κ1) is 15.1. The predicted octanol–water partition coefficient (Wildman–Crippen LogP) is 0.938. The van der Waals surface area contributed by atoms with Gasteiger partial charge in [-0.25, -0.2) is 4.67 Å². The Morgan fingerprint density at radius 2 is 1.71 bits per heavy atom. The first-order valence-corrected chi connectivity index (χ1v) is 8.72. The quantitative estimate of drug-likeness (QED) is 0.469. The van der Waals surface area contributed by atoms with Crippen LogP contribution in [0.2, 0.25) is 0 Å². The lowest BCUT2D eigenvalue weighted by Crippen LogP contribution is -2.66. The maximum atomic E-state index is 3.66. The standard InChI is InChI=1S/C12H30N4Si/c1-11(2)10-15-16(17(13-3)14-4)12-8-6-5-7-9-12/h11-15,17H,5-10H2,1-4H3. The van der Waals surface area contributed by atoms with E-state index >= 15 is 0 Å². The summed E-state index contributed by atoms with van der Waals surface area (Å²) in [5, 5.41) is 0. The lowest BCUT2D eigenvalue weighted by molar-refractivity contribution is 0.177. The molecule has 0 aromatic rings. The van der Waals surface area contributed by atoms with Crippen LogP contribution in [0.1, 0.15) is 46.0 Å². The van der Waals surface area contributed by atoms with Crippen LogP contribution in [0.15, 0.2) is 0 Å². The van der Waals surface area contributed by atoms with Gasteiger partial charge in [0, 0.05) is 12.6 Å². The zero-order valence-electron chi connectivity index (χ0n) is 11.9. The van der Waals surface area contributed by atoms with Gasteiger partial charge in [0.1, 0.15) is 0 Å². The number of hydrogen-bond donors (Lipinski definition) is 3. The van der Waals surface area contributed by atoms with Gasteiger partial charge in [-0.2, -0.15) is 0 Å². The van der Waals surface area contributed by atoms with E-state index in [1.165, 1.54) is 32.1 Å². The SMILES string of the molecule is CN[SiH](NC)N(NCC(C)C)C1CCCCC1. The van der Waals surface area contributed by atoms with E-state index in [1.54, 1.807) is 0 Å². The largest absolute Gasteiger partial charge is 0.318 e. The van der Waals surface area contributed by atoms with Crippen molar-refractivity contribution in [1.82, 2.24) is 20.1 Å². The minimum absolute atomic E-state index is 0.699. The second-order valence-electron chi connectivity index (χ2n) is 5.44. The fraction of sp³-hybridized carbons (Fsp3) is 1.00. The molecular formula is C12H30N4Si. The second-order valence-corrected chi connectivity index (χ2v) is 7.95. The van der Waals surface area contributed by atoms with E-state index in [-0.39, 0.29) is 0 Å². The molecule has 0 aromatic heterocycles. The molecule has 4 nitrogen and oxygen atoms in total. The normalized spacial score (nSPS) is 18.5. The average Bonchev–Trinajstić information content (AvgIpc) is 2.35. The Balaban J connectivity index is 2.55. The Kier molecular flexibility index (Phi) is 7.30. The summed E-state index contributed by atoms with van der Waals surface area (Å²) in [5.41, 5.74) is 3.66. The Morgan fingerprint density at radius 1 is 1.12 bits per heavy atom. The lowest BCUT2D eigenvalue weighted by atomic mass is 9.96. The first-order chi connectivity index (χ1) is 8.19. The van der Waals surface area contributed by atoms with E-state index in [2.05, 4.69) is 48.0 Å². The van der Waals surface area contributed by atoms with Crippen molar-refractivity contribution in [2.75, 3.05) is 20.6 Å². The molecule has 0 heterocycles. The molecule has 0 atom stereocenters.